The Hall–Kier alpha value is -2.05. The molecule has 2 saturated carbocycles. The number of hydrogen-bond acceptors (Lipinski definition) is 4. The monoisotopic (exact) mass is 361 g/mol. The second kappa shape index (κ2) is 5.47. The summed E-state index contributed by atoms with van der Waals surface area (Å²) in [5, 5.41) is 3.97. The van der Waals surface area contributed by atoms with E-state index in [-0.39, 0.29) is 17.3 Å². The number of fused-ring (bicyclic) bond motifs is 2. The molecule has 5 rings (SSSR count). The highest BCUT2D eigenvalue weighted by molar-refractivity contribution is 5.55. The Bertz CT molecular complexity index is 920. The Morgan fingerprint density at radius 2 is 2.12 bits per heavy atom. The van der Waals surface area contributed by atoms with E-state index in [1.807, 2.05) is 6.07 Å². The Morgan fingerprint density at radius 1 is 1.27 bits per heavy atom. The molecule has 3 aliphatic carbocycles. The molecule has 2 aromatic rings. The molecule has 5 nitrogen and oxygen atoms in total. The maximum atomic E-state index is 13.6. The van der Waals surface area contributed by atoms with Crippen LogP contribution in [0.2, 0.25) is 0 Å². The molecule has 7 heteroatoms. The van der Waals surface area contributed by atoms with Crippen LogP contribution in [0, 0.1) is 17.8 Å². The zero-order valence-electron chi connectivity index (χ0n) is 14.6. The number of halogens is 2. The van der Waals surface area contributed by atoms with Gasteiger partial charge in [-0.15, -0.1) is 0 Å². The minimum absolute atomic E-state index is 0.136. The second-order valence-electron chi connectivity index (χ2n) is 8.22. The van der Waals surface area contributed by atoms with E-state index < -0.39 is 17.8 Å². The maximum Gasteiger partial charge on any atom is 0.259 e. The summed E-state index contributed by atoms with van der Waals surface area (Å²) in [6, 6.07) is 1.87. The number of pyridine rings is 1. The largest absolute Gasteiger partial charge is 0.339 e. The van der Waals surface area contributed by atoms with Crippen LogP contribution in [0.4, 0.5) is 8.78 Å². The molecular weight excluding hydrogens is 340 g/mol. The first kappa shape index (κ1) is 16.1. The van der Waals surface area contributed by atoms with Gasteiger partial charge in [-0.2, -0.15) is 4.98 Å². The maximum absolute atomic E-state index is 13.6. The summed E-state index contributed by atoms with van der Waals surface area (Å²) in [4.78, 5) is 19.8. The van der Waals surface area contributed by atoms with Crippen LogP contribution in [-0.4, -0.2) is 21.0 Å². The van der Waals surface area contributed by atoms with E-state index in [0.717, 1.165) is 30.5 Å². The fraction of sp³-hybridized carbons (Fsp3) is 0.632. The lowest BCUT2D eigenvalue weighted by Gasteiger charge is -2.21. The Labute approximate surface area is 149 Å². The molecule has 1 N–H and O–H groups in total. The van der Waals surface area contributed by atoms with Crippen LogP contribution in [0.3, 0.4) is 0 Å². The van der Waals surface area contributed by atoms with Crippen LogP contribution < -0.4 is 5.56 Å². The van der Waals surface area contributed by atoms with Gasteiger partial charge in [-0.05, 0) is 56.1 Å². The lowest BCUT2D eigenvalue weighted by molar-refractivity contribution is 0.0846. The highest BCUT2D eigenvalue weighted by Crippen LogP contribution is 2.64. The number of H-pyrrole nitrogens is 1. The van der Waals surface area contributed by atoms with Gasteiger partial charge in [0.25, 0.3) is 11.5 Å². The number of nitrogens with one attached hydrogen (secondary N) is 1. The Kier molecular flexibility index (Phi) is 3.40. The fourth-order valence-electron chi connectivity index (χ4n) is 4.77. The van der Waals surface area contributed by atoms with Crippen molar-refractivity contribution in [3.63, 3.8) is 0 Å². The average molecular weight is 361 g/mol. The van der Waals surface area contributed by atoms with Gasteiger partial charge in [-0.1, -0.05) is 12.1 Å². The number of alkyl halides is 2. The van der Waals surface area contributed by atoms with Crippen molar-refractivity contribution in [3.8, 4) is 11.4 Å². The lowest BCUT2D eigenvalue weighted by Crippen LogP contribution is -2.20. The fourth-order valence-corrected chi connectivity index (χ4v) is 4.77. The van der Waals surface area contributed by atoms with Crippen molar-refractivity contribution in [1.29, 1.82) is 0 Å². The van der Waals surface area contributed by atoms with Gasteiger partial charge in [0.15, 0.2) is 0 Å². The molecule has 4 atom stereocenters. The number of rotatable bonds is 2. The lowest BCUT2D eigenvalue weighted by atomic mass is 9.87. The number of hydrogen-bond donors (Lipinski definition) is 1. The van der Waals surface area contributed by atoms with Gasteiger partial charge in [-0.3, -0.25) is 4.79 Å². The summed E-state index contributed by atoms with van der Waals surface area (Å²) >= 11 is 0. The summed E-state index contributed by atoms with van der Waals surface area (Å²) in [6.45, 7) is 2.20. The molecule has 26 heavy (non-hydrogen) atoms. The van der Waals surface area contributed by atoms with Crippen LogP contribution in [0.5, 0.6) is 0 Å². The molecule has 2 fully saturated rings. The van der Waals surface area contributed by atoms with Gasteiger partial charge < -0.3 is 9.51 Å². The summed E-state index contributed by atoms with van der Waals surface area (Å²) in [5.74, 6) is -2.46. The minimum atomic E-state index is -2.52. The van der Waals surface area contributed by atoms with Crippen molar-refractivity contribution in [2.24, 2.45) is 17.8 Å². The number of nitrogens with zero attached hydrogens (tertiary/aromatic N) is 2. The van der Waals surface area contributed by atoms with Crippen molar-refractivity contribution >= 4 is 0 Å². The van der Waals surface area contributed by atoms with Crippen molar-refractivity contribution < 1.29 is 13.3 Å². The molecular formula is C19H21F2N3O2. The van der Waals surface area contributed by atoms with Gasteiger partial charge in [-0.25, -0.2) is 8.78 Å². The van der Waals surface area contributed by atoms with Gasteiger partial charge in [0.1, 0.15) is 0 Å². The second-order valence-corrected chi connectivity index (χ2v) is 8.22. The van der Waals surface area contributed by atoms with E-state index in [4.69, 9.17) is 4.52 Å². The molecule has 0 spiro atoms. The van der Waals surface area contributed by atoms with E-state index in [1.165, 1.54) is 0 Å². The smallest absolute Gasteiger partial charge is 0.259 e. The number of aromatic amines is 1. The summed E-state index contributed by atoms with van der Waals surface area (Å²) < 4.78 is 32.5. The Morgan fingerprint density at radius 3 is 2.92 bits per heavy atom. The molecule has 0 aliphatic heterocycles. The Balaban J connectivity index is 1.42. The average Bonchev–Trinajstić information content (AvgIpc) is 2.98. The summed E-state index contributed by atoms with van der Waals surface area (Å²) in [5.41, 5.74) is 2.30. The third kappa shape index (κ3) is 2.43. The highest BCUT2D eigenvalue weighted by atomic mass is 19.3. The summed E-state index contributed by atoms with van der Waals surface area (Å²) in [6.07, 6.45) is 4.39. The van der Waals surface area contributed by atoms with Crippen LogP contribution in [0.25, 0.3) is 11.4 Å². The molecule has 138 valence electrons. The predicted molar refractivity (Wildman–Crippen MR) is 90.1 cm³/mol. The molecule has 2 aromatic heterocycles. The zero-order chi connectivity index (χ0) is 18.1. The highest BCUT2D eigenvalue weighted by Gasteiger charge is 2.69. The van der Waals surface area contributed by atoms with E-state index in [1.54, 1.807) is 0 Å². The first-order chi connectivity index (χ1) is 12.4. The van der Waals surface area contributed by atoms with Gasteiger partial charge in [0, 0.05) is 23.4 Å². The molecule has 0 saturated heterocycles. The SMILES string of the molecule is CC1CCc2[nH]c(=O)c(-c3noc(C4CCC5C(C4)C5(F)F)n3)cc2C1. The predicted octanol–water partition coefficient (Wildman–Crippen LogP) is 3.70. The van der Waals surface area contributed by atoms with Crippen molar-refractivity contribution in [2.45, 2.75) is 57.3 Å². The van der Waals surface area contributed by atoms with Crippen molar-refractivity contribution in [3.05, 3.63) is 33.6 Å². The van der Waals surface area contributed by atoms with Gasteiger partial charge in [0.05, 0.1) is 5.56 Å². The van der Waals surface area contributed by atoms with Crippen molar-refractivity contribution in [2.75, 3.05) is 0 Å². The van der Waals surface area contributed by atoms with Crippen molar-refractivity contribution in [1.82, 2.24) is 15.1 Å². The molecule has 0 radical (unpaired) electrons. The van der Waals surface area contributed by atoms with Crippen LogP contribution in [0.15, 0.2) is 15.4 Å². The normalized spacial score (nSPS) is 32.0. The van der Waals surface area contributed by atoms with Crippen LogP contribution >= 0.6 is 0 Å². The van der Waals surface area contributed by atoms with Gasteiger partial charge in [0.2, 0.25) is 11.7 Å². The number of aryl methyl sites for hydroxylation is 1. The van der Waals surface area contributed by atoms with Crippen LogP contribution in [0.1, 0.15) is 55.7 Å². The van der Waals surface area contributed by atoms with E-state index >= 15 is 0 Å². The quantitative estimate of drug-likeness (QED) is 0.885. The molecule has 0 aromatic carbocycles. The zero-order valence-corrected chi connectivity index (χ0v) is 14.6. The molecule has 2 heterocycles. The van der Waals surface area contributed by atoms with E-state index in [0.29, 0.717) is 36.6 Å². The van der Waals surface area contributed by atoms with E-state index in [2.05, 4.69) is 22.0 Å². The topological polar surface area (TPSA) is 71.8 Å². The molecule has 0 amide bonds. The minimum Gasteiger partial charge on any atom is -0.339 e. The molecule has 4 unspecified atom stereocenters. The number of aromatic nitrogens is 3. The third-order valence-corrected chi connectivity index (χ3v) is 6.43. The van der Waals surface area contributed by atoms with E-state index in [9.17, 15) is 13.6 Å². The molecule has 3 aliphatic rings. The first-order valence-corrected chi connectivity index (χ1v) is 9.40. The molecule has 0 bridgehead atoms. The van der Waals surface area contributed by atoms with Gasteiger partial charge >= 0.3 is 0 Å². The third-order valence-electron chi connectivity index (χ3n) is 6.43. The standard InChI is InChI=1S/C19H21F2N3O2/c1-9-2-5-15-11(6-9)7-12(17(25)22-15)16-23-18(26-24-16)10-3-4-13-14(8-10)19(13,20)21/h7,9-10,13-14H,2-6,8H2,1H3,(H,22,25). The van der Waals surface area contributed by atoms with Crippen LogP contribution in [-0.2, 0) is 12.8 Å². The summed E-state index contributed by atoms with van der Waals surface area (Å²) in [7, 11) is 0. The first-order valence-electron chi connectivity index (χ1n) is 9.40.